The second-order valence-electron chi connectivity index (χ2n) is 2.52. The predicted octanol–water partition coefficient (Wildman–Crippen LogP) is 0.237. The fourth-order valence-electron chi connectivity index (χ4n) is 0.647. The van der Waals surface area contributed by atoms with Crippen LogP contribution in [0.3, 0.4) is 0 Å². The lowest BCUT2D eigenvalue weighted by molar-refractivity contribution is 0.0891. The third-order valence-corrected chi connectivity index (χ3v) is 1.04. The van der Waals surface area contributed by atoms with E-state index in [1.54, 1.807) is 6.92 Å². The largest absolute Gasteiger partial charge is 0.390 e. The summed E-state index contributed by atoms with van der Waals surface area (Å²) in [5.41, 5.74) is -1.04. The molecule has 0 saturated carbocycles. The fourth-order valence-corrected chi connectivity index (χ4v) is 0.647. The van der Waals surface area contributed by atoms with E-state index in [9.17, 15) is 0 Å². The van der Waals surface area contributed by atoms with Gasteiger partial charge in [-0.25, -0.2) is 0 Å². The maximum atomic E-state index is 8.93. The zero-order valence-electron chi connectivity index (χ0n) is 4.92. The fraction of sp³-hybridized carbons (Fsp3) is 0.833. The Morgan fingerprint density at radius 3 is 2.62 bits per heavy atom. The minimum Gasteiger partial charge on any atom is -0.390 e. The molecule has 2 heteroatoms. The lowest BCUT2D eigenvalue weighted by Crippen LogP contribution is -2.21. The molecule has 0 aromatic rings. The first-order chi connectivity index (χ1) is 3.58. The summed E-state index contributed by atoms with van der Waals surface area (Å²) >= 11 is 0. The van der Waals surface area contributed by atoms with Crippen molar-refractivity contribution in [2.75, 3.05) is 6.61 Å². The normalized spacial score (nSPS) is 28.1. The number of aliphatic hydroxyl groups is 1. The van der Waals surface area contributed by atoms with Crippen LogP contribution in [0.2, 0.25) is 0 Å². The van der Waals surface area contributed by atoms with Gasteiger partial charge < -0.3 is 9.84 Å². The molecule has 1 rings (SSSR count). The summed E-state index contributed by atoms with van der Waals surface area (Å²) in [6.07, 6.45) is 0.766. The highest BCUT2D eigenvalue weighted by Crippen LogP contribution is 2.20. The molecule has 2 unspecified atom stereocenters. The molecule has 8 heavy (non-hydrogen) atoms. The number of hydrogen-bond donors (Lipinski definition) is 1. The Labute approximate surface area is 49.5 Å². The van der Waals surface area contributed by atoms with Gasteiger partial charge in [-0.1, -0.05) is 0 Å². The van der Waals surface area contributed by atoms with E-state index in [1.165, 1.54) is 0 Å². The van der Waals surface area contributed by atoms with Crippen LogP contribution in [-0.4, -0.2) is 23.4 Å². The first kappa shape index (κ1) is 6.05. The van der Waals surface area contributed by atoms with Gasteiger partial charge in [-0.05, 0) is 13.8 Å². The van der Waals surface area contributed by atoms with E-state index in [4.69, 9.17) is 16.8 Å². The average Bonchev–Trinajstić information content (AvgIpc) is 2.12. The van der Waals surface area contributed by atoms with Crippen molar-refractivity contribution >= 4 is 0 Å². The third-order valence-electron chi connectivity index (χ3n) is 1.04. The van der Waals surface area contributed by atoms with E-state index in [2.05, 4.69) is 0 Å². The van der Waals surface area contributed by atoms with Crippen LogP contribution in [-0.2, 0) is 4.74 Å². The molecule has 0 bridgehead atoms. The Kier molecular flexibility index (Phi) is 1.29. The van der Waals surface area contributed by atoms with Crippen LogP contribution in [0.4, 0.5) is 0 Å². The topological polar surface area (TPSA) is 32.8 Å². The van der Waals surface area contributed by atoms with Crippen molar-refractivity contribution in [3.05, 3.63) is 6.92 Å². The molecule has 0 aromatic carbocycles. The molecule has 46 valence electrons. The van der Waals surface area contributed by atoms with Crippen LogP contribution in [0.1, 0.15) is 13.3 Å². The van der Waals surface area contributed by atoms with E-state index < -0.39 is 5.60 Å². The molecule has 1 fully saturated rings. The summed E-state index contributed by atoms with van der Waals surface area (Å²) in [6, 6.07) is 0. The molecule has 0 spiro atoms. The molecule has 2 radical (unpaired) electrons. The molecule has 1 aliphatic heterocycles. The van der Waals surface area contributed by atoms with Crippen LogP contribution in [0, 0.1) is 6.92 Å². The number of epoxide rings is 1. The summed E-state index contributed by atoms with van der Waals surface area (Å²) < 4.78 is 4.84. The predicted molar refractivity (Wildman–Crippen MR) is 29.3 cm³/mol. The Morgan fingerprint density at radius 2 is 2.50 bits per heavy atom. The summed E-state index contributed by atoms with van der Waals surface area (Å²) in [5.74, 6) is 0. The standard InChI is InChI=1S/C6H10O2/c1-6(2,7)3-5-4-8-5/h1,5,7H,3-4H2,2H3. The van der Waals surface area contributed by atoms with E-state index in [0.717, 1.165) is 6.61 Å². The van der Waals surface area contributed by atoms with Gasteiger partial charge in [0.25, 0.3) is 0 Å². The highest BCUT2D eigenvalue weighted by atomic mass is 16.6. The van der Waals surface area contributed by atoms with Crippen molar-refractivity contribution in [1.82, 2.24) is 0 Å². The van der Waals surface area contributed by atoms with Crippen molar-refractivity contribution in [3.63, 3.8) is 0 Å². The molecule has 1 heterocycles. The highest BCUT2D eigenvalue weighted by Gasteiger charge is 2.29. The average molecular weight is 114 g/mol. The van der Waals surface area contributed by atoms with Gasteiger partial charge in [0.2, 0.25) is 0 Å². The quantitative estimate of drug-likeness (QED) is 0.521. The maximum absolute atomic E-state index is 8.93. The molecule has 1 N–H and O–H groups in total. The van der Waals surface area contributed by atoms with Gasteiger partial charge in [-0.3, -0.25) is 0 Å². The van der Waals surface area contributed by atoms with Gasteiger partial charge in [0, 0.05) is 6.42 Å². The van der Waals surface area contributed by atoms with Crippen molar-refractivity contribution in [2.24, 2.45) is 0 Å². The molecule has 0 amide bonds. The molecule has 1 saturated heterocycles. The minimum atomic E-state index is -1.04. The second-order valence-corrected chi connectivity index (χ2v) is 2.52. The van der Waals surface area contributed by atoms with Gasteiger partial charge in [-0.2, -0.15) is 0 Å². The molecule has 2 atom stereocenters. The number of rotatable bonds is 2. The molecule has 0 aliphatic carbocycles. The van der Waals surface area contributed by atoms with Crippen molar-refractivity contribution in [2.45, 2.75) is 25.0 Å². The van der Waals surface area contributed by atoms with Crippen LogP contribution in [0.25, 0.3) is 0 Å². The van der Waals surface area contributed by atoms with Gasteiger partial charge >= 0.3 is 0 Å². The van der Waals surface area contributed by atoms with E-state index in [0.29, 0.717) is 6.42 Å². The first-order valence-electron chi connectivity index (χ1n) is 2.71. The smallest absolute Gasteiger partial charge is 0.0837 e. The lowest BCUT2D eigenvalue weighted by atomic mass is 10.0. The molecule has 0 aromatic heterocycles. The van der Waals surface area contributed by atoms with Crippen molar-refractivity contribution in [1.29, 1.82) is 0 Å². The Hall–Kier alpha value is -0.0800. The van der Waals surface area contributed by atoms with Crippen LogP contribution in [0.15, 0.2) is 0 Å². The van der Waals surface area contributed by atoms with Crippen LogP contribution in [0.5, 0.6) is 0 Å². The summed E-state index contributed by atoms with van der Waals surface area (Å²) in [5, 5.41) is 8.93. The van der Waals surface area contributed by atoms with Crippen LogP contribution >= 0.6 is 0 Å². The number of hydrogen-bond acceptors (Lipinski definition) is 2. The Bertz CT molecular complexity index is 79.0. The molecule has 1 aliphatic rings. The van der Waals surface area contributed by atoms with E-state index in [1.807, 2.05) is 0 Å². The SMILES string of the molecule is [CH]C(C)(O)CC1CO1. The molecular weight excluding hydrogens is 104 g/mol. The van der Waals surface area contributed by atoms with Crippen molar-refractivity contribution in [3.8, 4) is 0 Å². The Morgan fingerprint density at radius 1 is 2.00 bits per heavy atom. The number of ether oxygens (including phenoxy) is 1. The summed E-state index contributed by atoms with van der Waals surface area (Å²) in [6.45, 7) is 7.59. The first-order valence-corrected chi connectivity index (χ1v) is 2.71. The second kappa shape index (κ2) is 1.71. The minimum absolute atomic E-state index is 0.218. The zero-order valence-corrected chi connectivity index (χ0v) is 4.92. The van der Waals surface area contributed by atoms with Crippen molar-refractivity contribution < 1.29 is 9.84 Å². The highest BCUT2D eigenvalue weighted by molar-refractivity contribution is 4.83. The summed E-state index contributed by atoms with van der Waals surface area (Å²) in [4.78, 5) is 0. The molecular formula is C6H10O2. The van der Waals surface area contributed by atoms with E-state index in [-0.39, 0.29) is 6.10 Å². The lowest BCUT2D eigenvalue weighted by Gasteiger charge is -2.13. The van der Waals surface area contributed by atoms with Gasteiger partial charge in [0.05, 0.1) is 18.3 Å². The zero-order chi connectivity index (χ0) is 6.20. The monoisotopic (exact) mass is 114 g/mol. The van der Waals surface area contributed by atoms with E-state index >= 15 is 0 Å². The molecule has 2 nitrogen and oxygen atoms in total. The van der Waals surface area contributed by atoms with Gasteiger partial charge in [0.15, 0.2) is 0 Å². The van der Waals surface area contributed by atoms with Gasteiger partial charge in [-0.15, -0.1) is 0 Å². The Balaban J connectivity index is 2.16. The third kappa shape index (κ3) is 2.28. The van der Waals surface area contributed by atoms with Crippen LogP contribution < -0.4 is 0 Å². The van der Waals surface area contributed by atoms with Gasteiger partial charge in [0.1, 0.15) is 0 Å². The summed E-state index contributed by atoms with van der Waals surface area (Å²) in [7, 11) is 0. The maximum Gasteiger partial charge on any atom is 0.0837 e.